The van der Waals surface area contributed by atoms with Crippen molar-refractivity contribution in [2.75, 3.05) is 50.7 Å². The first-order chi connectivity index (χ1) is 16.8. The zero-order valence-corrected chi connectivity index (χ0v) is 19.4. The third-order valence-electron chi connectivity index (χ3n) is 6.70. The highest BCUT2D eigenvalue weighted by molar-refractivity contribution is 5.79. The summed E-state index contributed by atoms with van der Waals surface area (Å²) in [7, 11) is 0. The van der Waals surface area contributed by atoms with Crippen molar-refractivity contribution in [1.29, 1.82) is 0 Å². The molecule has 2 aromatic heterocycles. The number of benzene rings is 1. The van der Waals surface area contributed by atoms with Gasteiger partial charge in [0.05, 0.1) is 0 Å². The first-order valence-corrected chi connectivity index (χ1v) is 12.1. The van der Waals surface area contributed by atoms with Crippen LogP contribution in [0.5, 0.6) is 0 Å². The fraction of sp³-hybridized carbons (Fsp3) is 0.385. The third kappa shape index (κ3) is 5.34. The summed E-state index contributed by atoms with van der Waals surface area (Å²) < 4.78 is 1.70. The number of hydrogen-bond acceptors (Lipinski definition) is 6. The van der Waals surface area contributed by atoms with E-state index < -0.39 is 0 Å². The quantitative estimate of drug-likeness (QED) is 0.567. The average molecular weight is 458 g/mol. The number of nitrogens with zero attached hydrogens (tertiary/aromatic N) is 7. The molecule has 0 N–H and O–H groups in total. The Hall–Kier alpha value is -3.52. The molecule has 0 aliphatic carbocycles. The van der Waals surface area contributed by atoms with Crippen molar-refractivity contribution in [3.63, 3.8) is 0 Å². The topological polar surface area (TPSA) is 70.4 Å². The van der Waals surface area contributed by atoms with Gasteiger partial charge in [-0.1, -0.05) is 42.5 Å². The minimum Gasteiger partial charge on any atom is -0.355 e. The van der Waals surface area contributed by atoms with Crippen LogP contribution < -0.4 is 4.90 Å². The van der Waals surface area contributed by atoms with Crippen molar-refractivity contribution in [3.8, 4) is 5.82 Å². The molecule has 2 aliphatic rings. The molecule has 0 bridgehead atoms. The van der Waals surface area contributed by atoms with Gasteiger partial charge in [0.2, 0.25) is 5.91 Å². The van der Waals surface area contributed by atoms with Gasteiger partial charge < -0.3 is 9.80 Å². The number of carbonyl (C=O) groups excluding carboxylic acids is 1. The molecule has 3 aromatic rings. The Morgan fingerprint density at radius 3 is 2.29 bits per heavy atom. The molecule has 2 fully saturated rings. The average Bonchev–Trinajstić information content (AvgIpc) is 3.45. The van der Waals surface area contributed by atoms with E-state index in [0.717, 1.165) is 64.5 Å². The first-order valence-electron chi connectivity index (χ1n) is 12.1. The summed E-state index contributed by atoms with van der Waals surface area (Å²) in [5, 5.41) is 12.9. The minimum atomic E-state index is 0.108. The highest BCUT2D eigenvalue weighted by atomic mass is 16.2. The number of aromatic nitrogens is 4. The van der Waals surface area contributed by atoms with Gasteiger partial charge in [-0.15, -0.1) is 10.2 Å². The van der Waals surface area contributed by atoms with Crippen molar-refractivity contribution in [2.24, 2.45) is 5.92 Å². The predicted molar refractivity (Wildman–Crippen MR) is 133 cm³/mol. The highest BCUT2D eigenvalue weighted by Crippen LogP contribution is 2.24. The van der Waals surface area contributed by atoms with Crippen LogP contribution >= 0.6 is 0 Å². The van der Waals surface area contributed by atoms with E-state index >= 15 is 0 Å². The SMILES string of the molecule is O=C(C1CCN(c2ccc(-n3cccn3)nn2)CC1)N1CCN(C/C=C/c2ccccc2)CC1. The fourth-order valence-corrected chi connectivity index (χ4v) is 4.68. The molecule has 5 rings (SSSR count). The maximum Gasteiger partial charge on any atom is 0.225 e. The van der Waals surface area contributed by atoms with Crippen LogP contribution in [0.15, 0.2) is 67.0 Å². The van der Waals surface area contributed by atoms with E-state index in [1.807, 2.05) is 30.5 Å². The molecule has 8 nitrogen and oxygen atoms in total. The summed E-state index contributed by atoms with van der Waals surface area (Å²) in [5.41, 5.74) is 1.22. The lowest BCUT2D eigenvalue weighted by atomic mass is 9.95. The van der Waals surface area contributed by atoms with E-state index in [4.69, 9.17) is 0 Å². The monoisotopic (exact) mass is 457 g/mol. The van der Waals surface area contributed by atoms with E-state index in [2.05, 4.69) is 66.4 Å². The molecule has 0 saturated carbocycles. The van der Waals surface area contributed by atoms with Crippen LogP contribution in [0.1, 0.15) is 18.4 Å². The molecule has 176 valence electrons. The molecule has 4 heterocycles. The van der Waals surface area contributed by atoms with Gasteiger partial charge in [-0.2, -0.15) is 5.10 Å². The standard InChI is InChI=1S/C26H31N7O/c34-26(32-20-18-30(19-21-32)14-4-8-22-6-2-1-3-7-22)23-11-16-31(17-12-23)24-9-10-25(29-28-24)33-15-5-13-27-33/h1-10,13,15,23H,11-12,14,16-21H2/b8-4+. The van der Waals surface area contributed by atoms with Crippen molar-refractivity contribution in [2.45, 2.75) is 12.8 Å². The number of amides is 1. The lowest BCUT2D eigenvalue weighted by Crippen LogP contribution is -2.51. The second-order valence-electron chi connectivity index (χ2n) is 8.90. The summed E-state index contributed by atoms with van der Waals surface area (Å²) in [6.45, 7) is 6.09. The predicted octanol–water partition coefficient (Wildman–Crippen LogP) is 2.74. The molecule has 8 heteroatoms. The Labute approximate surface area is 200 Å². The van der Waals surface area contributed by atoms with E-state index in [1.54, 1.807) is 10.9 Å². The second-order valence-corrected chi connectivity index (χ2v) is 8.90. The van der Waals surface area contributed by atoms with Crippen LogP contribution in [0.4, 0.5) is 5.82 Å². The highest BCUT2D eigenvalue weighted by Gasteiger charge is 2.30. The second kappa shape index (κ2) is 10.6. The summed E-state index contributed by atoms with van der Waals surface area (Å²) in [6.07, 6.45) is 9.68. The smallest absolute Gasteiger partial charge is 0.225 e. The van der Waals surface area contributed by atoms with Gasteiger partial charge in [0.25, 0.3) is 0 Å². The molecule has 0 radical (unpaired) electrons. The minimum absolute atomic E-state index is 0.108. The molecule has 2 saturated heterocycles. The van der Waals surface area contributed by atoms with Crippen LogP contribution in [-0.2, 0) is 4.79 Å². The lowest BCUT2D eigenvalue weighted by molar-refractivity contribution is -0.137. The van der Waals surface area contributed by atoms with Gasteiger partial charge in [-0.05, 0) is 36.6 Å². The van der Waals surface area contributed by atoms with E-state index in [1.165, 1.54) is 5.56 Å². The zero-order chi connectivity index (χ0) is 23.2. The van der Waals surface area contributed by atoms with Gasteiger partial charge in [-0.3, -0.25) is 9.69 Å². The summed E-state index contributed by atoms with van der Waals surface area (Å²) in [4.78, 5) is 19.8. The molecule has 1 amide bonds. The Morgan fingerprint density at radius 1 is 0.882 bits per heavy atom. The van der Waals surface area contributed by atoms with Crippen LogP contribution in [0.3, 0.4) is 0 Å². The van der Waals surface area contributed by atoms with Crippen LogP contribution in [0.25, 0.3) is 11.9 Å². The molecular weight excluding hydrogens is 426 g/mol. The van der Waals surface area contributed by atoms with Crippen LogP contribution in [-0.4, -0.2) is 81.5 Å². The Bertz CT molecular complexity index is 1070. The number of hydrogen-bond donors (Lipinski definition) is 0. The number of carbonyl (C=O) groups is 1. The van der Waals surface area contributed by atoms with Crippen molar-refractivity contribution >= 4 is 17.8 Å². The molecule has 0 atom stereocenters. The van der Waals surface area contributed by atoms with Crippen molar-refractivity contribution in [1.82, 2.24) is 29.8 Å². The molecule has 1 aromatic carbocycles. The summed E-state index contributed by atoms with van der Waals surface area (Å²) in [5.74, 6) is 1.99. The van der Waals surface area contributed by atoms with E-state index in [0.29, 0.717) is 11.7 Å². The molecule has 2 aliphatic heterocycles. The van der Waals surface area contributed by atoms with E-state index in [9.17, 15) is 4.79 Å². The molecule has 0 unspecified atom stereocenters. The number of piperazine rings is 1. The van der Waals surface area contributed by atoms with Crippen molar-refractivity contribution in [3.05, 3.63) is 72.6 Å². The molecule has 34 heavy (non-hydrogen) atoms. The number of anilines is 1. The van der Waals surface area contributed by atoms with Gasteiger partial charge in [0.1, 0.15) is 0 Å². The zero-order valence-electron chi connectivity index (χ0n) is 19.4. The Kier molecular flexibility index (Phi) is 6.95. The van der Waals surface area contributed by atoms with Crippen LogP contribution in [0.2, 0.25) is 0 Å². The lowest BCUT2D eigenvalue weighted by Gasteiger charge is -2.38. The van der Waals surface area contributed by atoms with Gasteiger partial charge in [0.15, 0.2) is 11.6 Å². The maximum absolute atomic E-state index is 13.1. The summed E-state index contributed by atoms with van der Waals surface area (Å²) in [6, 6.07) is 16.1. The Morgan fingerprint density at radius 2 is 1.62 bits per heavy atom. The van der Waals surface area contributed by atoms with Crippen LogP contribution in [0, 0.1) is 5.92 Å². The summed E-state index contributed by atoms with van der Waals surface area (Å²) >= 11 is 0. The number of rotatable bonds is 6. The fourth-order valence-electron chi connectivity index (χ4n) is 4.68. The Balaban J connectivity index is 1.06. The number of piperidine rings is 1. The van der Waals surface area contributed by atoms with Crippen molar-refractivity contribution < 1.29 is 4.79 Å². The normalized spacial score (nSPS) is 18.0. The van der Waals surface area contributed by atoms with Gasteiger partial charge in [-0.25, -0.2) is 4.68 Å². The molecular formula is C26H31N7O. The first kappa shape index (κ1) is 22.3. The van der Waals surface area contributed by atoms with Gasteiger partial charge in [0, 0.05) is 64.1 Å². The van der Waals surface area contributed by atoms with E-state index in [-0.39, 0.29) is 5.92 Å². The molecule has 0 spiro atoms. The van der Waals surface area contributed by atoms with Gasteiger partial charge >= 0.3 is 0 Å². The maximum atomic E-state index is 13.1. The third-order valence-corrected chi connectivity index (χ3v) is 6.70. The largest absolute Gasteiger partial charge is 0.355 e.